The van der Waals surface area contributed by atoms with Gasteiger partial charge in [0, 0.05) is 37.5 Å². The molecule has 3 rings (SSSR count). The summed E-state index contributed by atoms with van der Waals surface area (Å²) in [6.07, 6.45) is 7.81. The van der Waals surface area contributed by atoms with Gasteiger partial charge >= 0.3 is 0 Å². The minimum atomic E-state index is 0.111. The molecule has 1 aromatic rings. The Morgan fingerprint density at radius 2 is 2.33 bits per heavy atom. The fourth-order valence-electron chi connectivity index (χ4n) is 4.10. The predicted octanol–water partition coefficient (Wildman–Crippen LogP) is 2.40. The van der Waals surface area contributed by atoms with Gasteiger partial charge in [0.05, 0.1) is 6.10 Å². The van der Waals surface area contributed by atoms with Crippen molar-refractivity contribution in [3.05, 3.63) is 30.1 Å². The SMILES string of the molecule is CC[C@H]1C[C@H](C(=O)NC[C@@H]2CCN(C)[C@H]2c2cccnc2)CCO1. The van der Waals surface area contributed by atoms with Gasteiger partial charge in [-0.25, -0.2) is 0 Å². The predicted molar refractivity (Wildman–Crippen MR) is 93.5 cm³/mol. The second-order valence-electron chi connectivity index (χ2n) is 7.13. The van der Waals surface area contributed by atoms with E-state index in [2.05, 4.69) is 35.2 Å². The molecule has 0 spiro atoms. The van der Waals surface area contributed by atoms with E-state index in [0.29, 0.717) is 18.6 Å². The van der Waals surface area contributed by atoms with Crippen LogP contribution in [0.15, 0.2) is 24.5 Å². The molecule has 1 N–H and O–H groups in total. The molecule has 132 valence electrons. The van der Waals surface area contributed by atoms with Gasteiger partial charge in [0.25, 0.3) is 0 Å². The summed E-state index contributed by atoms with van der Waals surface area (Å²) < 4.78 is 5.68. The molecule has 5 heteroatoms. The van der Waals surface area contributed by atoms with E-state index in [4.69, 9.17) is 4.74 Å². The van der Waals surface area contributed by atoms with Crippen LogP contribution in [0.3, 0.4) is 0 Å². The summed E-state index contributed by atoms with van der Waals surface area (Å²) in [5.41, 5.74) is 1.24. The van der Waals surface area contributed by atoms with Gasteiger partial charge in [-0.05, 0) is 56.8 Å². The first-order valence-corrected chi connectivity index (χ1v) is 9.18. The fraction of sp³-hybridized carbons (Fsp3) is 0.684. The lowest BCUT2D eigenvalue weighted by Crippen LogP contribution is -2.40. The Morgan fingerprint density at radius 3 is 3.08 bits per heavy atom. The number of carbonyl (C=O) groups excluding carboxylic acids is 1. The van der Waals surface area contributed by atoms with Gasteiger partial charge in [-0.15, -0.1) is 0 Å². The number of likely N-dealkylation sites (tertiary alicyclic amines) is 1. The third-order valence-electron chi connectivity index (χ3n) is 5.53. The number of nitrogens with one attached hydrogen (secondary N) is 1. The van der Waals surface area contributed by atoms with Crippen LogP contribution in [-0.2, 0) is 9.53 Å². The van der Waals surface area contributed by atoms with E-state index in [1.54, 1.807) is 0 Å². The van der Waals surface area contributed by atoms with Crippen LogP contribution >= 0.6 is 0 Å². The summed E-state index contributed by atoms with van der Waals surface area (Å²) in [7, 11) is 2.16. The van der Waals surface area contributed by atoms with Gasteiger partial charge in [0.1, 0.15) is 0 Å². The standard InChI is InChI=1S/C19H29N3O2/c1-3-17-11-14(7-10-24-17)19(23)21-13-16-6-9-22(2)18(16)15-5-4-8-20-12-15/h4-5,8,12,14,16-18H,3,6-7,9-11,13H2,1-2H3,(H,21,23)/t14-,16+,17+,18+/m1/s1. The maximum atomic E-state index is 12.5. The van der Waals surface area contributed by atoms with Crippen molar-refractivity contribution < 1.29 is 9.53 Å². The quantitative estimate of drug-likeness (QED) is 0.900. The number of aromatic nitrogens is 1. The van der Waals surface area contributed by atoms with Crippen molar-refractivity contribution >= 4 is 5.91 Å². The summed E-state index contributed by atoms with van der Waals surface area (Å²) >= 11 is 0. The first-order valence-electron chi connectivity index (χ1n) is 9.18. The maximum Gasteiger partial charge on any atom is 0.223 e. The van der Waals surface area contributed by atoms with Crippen molar-refractivity contribution in [1.29, 1.82) is 0 Å². The molecule has 0 aromatic carbocycles. The number of carbonyl (C=O) groups is 1. The molecule has 5 nitrogen and oxygen atoms in total. The van der Waals surface area contributed by atoms with Crippen LogP contribution in [0.1, 0.15) is 44.2 Å². The average Bonchev–Trinajstić information content (AvgIpc) is 3.01. The summed E-state index contributed by atoms with van der Waals surface area (Å²) in [6.45, 7) is 4.64. The Labute approximate surface area is 144 Å². The van der Waals surface area contributed by atoms with Crippen LogP contribution < -0.4 is 5.32 Å². The lowest BCUT2D eigenvalue weighted by Gasteiger charge is -2.29. The van der Waals surface area contributed by atoms with Crippen LogP contribution in [0.25, 0.3) is 0 Å². The molecule has 0 unspecified atom stereocenters. The zero-order valence-corrected chi connectivity index (χ0v) is 14.8. The number of nitrogens with zero attached hydrogens (tertiary/aromatic N) is 2. The highest BCUT2D eigenvalue weighted by Gasteiger charge is 2.34. The molecule has 2 fully saturated rings. The minimum absolute atomic E-state index is 0.111. The van der Waals surface area contributed by atoms with Gasteiger partial charge in [-0.1, -0.05) is 13.0 Å². The molecule has 24 heavy (non-hydrogen) atoms. The third-order valence-corrected chi connectivity index (χ3v) is 5.53. The maximum absolute atomic E-state index is 12.5. The van der Waals surface area contributed by atoms with Gasteiger partial charge in [-0.2, -0.15) is 0 Å². The Hall–Kier alpha value is -1.46. The molecule has 0 radical (unpaired) electrons. The smallest absolute Gasteiger partial charge is 0.223 e. The largest absolute Gasteiger partial charge is 0.378 e. The molecule has 1 amide bonds. The molecule has 1 aromatic heterocycles. The fourth-order valence-corrected chi connectivity index (χ4v) is 4.10. The normalized spacial score (nSPS) is 31.1. The van der Waals surface area contributed by atoms with E-state index in [0.717, 1.165) is 38.8 Å². The third kappa shape index (κ3) is 3.95. The first kappa shape index (κ1) is 17.4. The zero-order chi connectivity index (χ0) is 16.9. The van der Waals surface area contributed by atoms with Crippen molar-refractivity contribution in [2.75, 3.05) is 26.7 Å². The highest BCUT2D eigenvalue weighted by molar-refractivity contribution is 5.78. The summed E-state index contributed by atoms with van der Waals surface area (Å²) in [5.74, 6) is 0.765. The van der Waals surface area contributed by atoms with E-state index in [1.165, 1.54) is 5.56 Å². The van der Waals surface area contributed by atoms with Crippen LogP contribution in [0.5, 0.6) is 0 Å². The highest BCUT2D eigenvalue weighted by Crippen LogP contribution is 2.35. The zero-order valence-electron chi connectivity index (χ0n) is 14.8. The number of amides is 1. The van der Waals surface area contributed by atoms with E-state index in [1.807, 2.05) is 18.5 Å². The second kappa shape index (κ2) is 8.08. The molecule has 2 aliphatic rings. The number of rotatable bonds is 5. The van der Waals surface area contributed by atoms with Gasteiger partial charge < -0.3 is 10.1 Å². The van der Waals surface area contributed by atoms with Gasteiger partial charge in [0.2, 0.25) is 5.91 Å². The van der Waals surface area contributed by atoms with Crippen molar-refractivity contribution in [2.24, 2.45) is 11.8 Å². The first-order chi connectivity index (χ1) is 11.7. The average molecular weight is 331 g/mol. The molecular formula is C19H29N3O2. The molecule has 0 aliphatic carbocycles. The number of hydrogen-bond donors (Lipinski definition) is 1. The summed E-state index contributed by atoms with van der Waals surface area (Å²) in [4.78, 5) is 19.2. The number of hydrogen-bond acceptors (Lipinski definition) is 4. The highest BCUT2D eigenvalue weighted by atomic mass is 16.5. The van der Waals surface area contributed by atoms with E-state index in [-0.39, 0.29) is 17.9 Å². The number of ether oxygens (including phenoxy) is 1. The van der Waals surface area contributed by atoms with Crippen molar-refractivity contribution in [3.8, 4) is 0 Å². The van der Waals surface area contributed by atoms with Crippen molar-refractivity contribution in [3.63, 3.8) is 0 Å². The molecule has 3 heterocycles. The summed E-state index contributed by atoms with van der Waals surface area (Å²) in [5, 5.41) is 3.22. The molecule has 0 saturated carbocycles. The Balaban J connectivity index is 1.56. The second-order valence-corrected chi connectivity index (χ2v) is 7.13. The topological polar surface area (TPSA) is 54.5 Å². The summed E-state index contributed by atoms with van der Waals surface area (Å²) in [6, 6.07) is 4.47. The Bertz CT molecular complexity index is 537. The molecular weight excluding hydrogens is 302 g/mol. The van der Waals surface area contributed by atoms with E-state index in [9.17, 15) is 4.79 Å². The Kier molecular flexibility index (Phi) is 5.85. The van der Waals surface area contributed by atoms with Crippen LogP contribution in [0.4, 0.5) is 0 Å². The molecule has 4 atom stereocenters. The minimum Gasteiger partial charge on any atom is -0.378 e. The van der Waals surface area contributed by atoms with E-state index < -0.39 is 0 Å². The van der Waals surface area contributed by atoms with Crippen LogP contribution in [-0.4, -0.2) is 48.6 Å². The Morgan fingerprint density at radius 1 is 1.46 bits per heavy atom. The molecule has 2 saturated heterocycles. The van der Waals surface area contributed by atoms with Crippen molar-refractivity contribution in [1.82, 2.24) is 15.2 Å². The molecule has 0 bridgehead atoms. The number of pyridine rings is 1. The lowest BCUT2D eigenvalue weighted by atomic mass is 9.92. The molecule has 2 aliphatic heterocycles. The van der Waals surface area contributed by atoms with Crippen molar-refractivity contribution in [2.45, 2.75) is 44.8 Å². The lowest BCUT2D eigenvalue weighted by molar-refractivity contribution is -0.130. The van der Waals surface area contributed by atoms with E-state index >= 15 is 0 Å². The van der Waals surface area contributed by atoms with Gasteiger partial charge in [0.15, 0.2) is 0 Å². The van der Waals surface area contributed by atoms with Crippen LogP contribution in [0, 0.1) is 11.8 Å². The van der Waals surface area contributed by atoms with Gasteiger partial charge in [-0.3, -0.25) is 14.7 Å². The van der Waals surface area contributed by atoms with Crippen LogP contribution in [0.2, 0.25) is 0 Å². The monoisotopic (exact) mass is 331 g/mol.